The molecule has 0 atom stereocenters. The van der Waals surface area contributed by atoms with Crippen molar-refractivity contribution in [3.63, 3.8) is 0 Å². The summed E-state index contributed by atoms with van der Waals surface area (Å²) in [5.74, 6) is 2.11. The number of hydrogen-bond acceptors (Lipinski definition) is 6. The van der Waals surface area contributed by atoms with Crippen molar-refractivity contribution in [2.24, 2.45) is 0 Å². The van der Waals surface area contributed by atoms with Crippen molar-refractivity contribution in [2.45, 2.75) is 25.7 Å². The van der Waals surface area contributed by atoms with E-state index in [4.69, 9.17) is 20.9 Å². The zero-order valence-electron chi connectivity index (χ0n) is 18.2. The Hall–Kier alpha value is -3.06. The van der Waals surface area contributed by atoms with Crippen molar-refractivity contribution in [1.82, 2.24) is 15.0 Å². The first kappa shape index (κ1) is 22.1. The molecule has 2 aromatic carbocycles. The minimum atomic E-state index is 0.180. The quantitative estimate of drug-likeness (QED) is 0.524. The summed E-state index contributed by atoms with van der Waals surface area (Å²) in [7, 11) is 1.67. The van der Waals surface area contributed by atoms with E-state index in [9.17, 15) is 4.79 Å². The lowest BCUT2D eigenvalue weighted by molar-refractivity contribution is -0.131. The van der Waals surface area contributed by atoms with Gasteiger partial charge in [0.1, 0.15) is 5.75 Å². The molecular weight excluding hydrogens is 428 g/mol. The second kappa shape index (κ2) is 10.5. The van der Waals surface area contributed by atoms with Gasteiger partial charge in [0.2, 0.25) is 17.6 Å². The molecule has 168 valence electrons. The van der Waals surface area contributed by atoms with Crippen LogP contribution in [-0.2, 0) is 11.2 Å². The zero-order chi connectivity index (χ0) is 22.3. The maximum Gasteiger partial charge on any atom is 0.226 e. The Morgan fingerprint density at radius 2 is 1.84 bits per heavy atom. The standard InChI is InChI=1S/C24H27ClN4O3/c1-31-21-12-10-20(11-13-21)28-14-3-15-29(17-16-28)23(30)5-2-4-22-26-24(27-32-22)18-6-8-19(25)9-7-18/h6-13H,2-5,14-17H2,1H3. The summed E-state index contributed by atoms with van der Waals surface area (Å²) in [6.07, 6.45) is 2.69. The highest BCUT2D eigenvalue weighted by Gasteiger charge is 2.19. The molecule has 3 aromatic rings. The number of carbonyl (C=O) groups excluding carboxylic acids is 1. The van der Waals surface area contributed by atoms with E-state index in [0.717, 1.165) is 49.6 Å². The fourth-order valence-corrected chi connectivity index (χ4v) is 3.97. The van der Waals surface area contributed by atoms with Crippen LogP contribution >= 0.6 is 11.6 Å². The smallest absolute Gasteiger partial charge is 0.226 e. The minimum Gasteiger partial charge on any atom is -0.497 e. The lowest BCUT2D eigenvalue weighted by Crippen LogP contribution is -2.35. The molecule has 0 bridgehead atoms. The van der Waals surface area contributed by atoms with Crippen molar-refractivity contribution >= 4 is 23.2 Å². The van der Waals surface area contributed by atoms with Crippen molar-refractivity contribution in [2.75, 3.05) is 38.2 Å². The molecule has 1 aliphatic heterocycles. The lowest BCUT2D eigenvalue weighted by atomic mass is 10.2. The predicted octanol–water partition coefficient (Wildman–Crippen LogP) is 4.46. The Kier molecular flexibility index (Phi) is 7.27. The Labute approximate surface area is 192 Å². The van der Waals surface area contributed by atoms with Crippen molar-refractivity contribution in [1.29, 1.82) is 0 Å². The molecule has 0 radical (unpaired) electrons. The van der Waals surface area contributed by atoms with E-state index >= 15 is 0 Å². The van der Waals surface area contributed by atoms with E-state index in [1.54, 1.807) is 19.2 Å². The third kappa shape index (κ3) is 5.59. The van der Waals surface area contributed by atoms with Gasteiger partial charge in [-0.2, -0.15) is 4.98 Å². The van der Waals surface area contributed by atoms with Crippen molar-refractivity contribution < 1.29 is 14.1 Å². The van der Waals surface area contributed by atoms with Crippen LogP contribution in [-0.4, -0.2) is 54.2 Å². The molecule has 0 N–H and O–H groups in total. The molecule has 4 rings (SSSR count). The number of benzene rings is 2. The fourth-order valence-electron chi connectivity index (χ4n) is 3.84. The number of carbonyl (C=O) groups is 1. The van der Waals surface area contributed by atoms with Gasteiger partial charge in [-0.3, -0.25) is 4.79 Å². The van der Waals surface area contributed by atoms with Crippen LogP contribution in [0.2, 0.25) is 5.02 Å². The number of rotatable bonds is 7. The van der Waals surface area contributed by atoms with Gasteiger partial charge in [-0.25, -0.2) is 0 Å². The molecule has 0 aliphatic carbocycles. The molecule has 0 saturated carbocycles. The topological polar surface area (TPSA) is 71.7 Å². The summed E-state index contributed by atoms with van der Waals surface area (Å²) in [6.45, 7) is 3.27. The third-order valence-electron chi connectivity index (χ3n) is 5.64. The van der Waals surface area contributed by atoms with E-state index in [0.29, 0.717) is 36.0 Å². The van der Waals surface area contributed by atoms with Crippen LogP contribution in [0.3, 0.4) is 0 Å². The van der Waals surface area contributed by atoms with Crippen LogP contribution < -0.4 is 9.64 Å². The van der Waals surface area contributed by atoms with Gasteiger partial charge in [0, 0.05) is 55.3 Å². The highest BCUT2D eigenvalue weighted by molar-refractivity contribution is 6.30. The highest BCUT2D eigenvalue weighted by Crippen LogP contribution is 2.21. The molecule has 8 heteroatoms. The van der Waals surface area contributed by atoms with Crippen LogP contribution in [0.25, 0.3) is 11.4 Å². The SMILES string of the molecule is COc1ccc(N2CCCN(C(=O)CCCc3nc(-c4ccc(Cl)cc4)no3)CC2)cc1. The van der Waals surface area contributed by atoms with Gasteiger partial charge in [-0.15, -0.1) is 0 Å². The van der Waals surface area contributed by atoms with Gasteiger partial charge >= 0.3 is 0 Å². The average Bonchev–Trinajstić information content (AvgIpc) is 3.15. The Morgan fingerprint density at radius 1 is 1.06 bits per heavy atom. The molecule has 1 saturated heterocycles. The maximum absolute atomic E-state index is 12.7. The average molecular weight is 455 g/mol. The van der Waals surface area contributed by atoms with E-state index < -0.39 is 0 Å². The molecule has 32 heavy (non-hydrogen) atoms. The Morgan fingerprint density at radius 3 is 2.59 bits per heavy atom. The van der Waals surface area contributed by atoms with Gasteiger partial charge in [0.25, 0.3) is 0 Å². The number of amides is 1. The van der Waals surface area contributed by atoms with Crippen molar-refractivity contribution in [3.05, 3.63) is 59.4 Å². The summed E-state index contributed by atoms with van der Waals surface area (Å²) in [4.78, 5) is 21.5. The third-order valence-corrected chi connectivity index (χ3v) is 5.89. The molecule has 2 heterocycles. The number of aryl methyl sites for hydroxylation is 1. The second-order valence-electron chi connectivity index (χ2n) is 7.79. The first-order chi connectivity index (χ1) is 15.6. The van der Waals surface area contributed by atoms with Crippen LogP contribution in [0, 0.1) is 0 Å². The van der Waals surface area contributed by atoms with Crippen LogP contribution in [0.1, 0.15) is 25.2 Å². The number of hydrogen-bond donors (Lipinski definition) is 0. The van der Waals surface area contributed by atoms with Gasteiger partial charge in [-0.1, -0.05) is 16.8 Å². The van der Waals surface area contributed by atoms with Crippen LogP contribution in [0.5, 0.6) is 5.75 Å². The highest BCUT2D eigenvalue weighted by atomic mass is 35.5. The van der Waals surface area contributed by atoms with Gasteiger partial charge in [0.05, 0.1) is 7.11 Å². The van der Waals surface area contributed by atoms with Crippen LogP contribution in [0.15, 0.2) is 53.1 Å². The second-order valence-corrected chi connectivity index (χ2v) is 8.23. The number of aromatic nitrogens is 2. The predicted molar refractivity (Wildman–Crippen MR) is 124 cm³/mol. The van der Waals surface area contributed by atoms with Crippen molar-refractivity contribution in [3.8, 4) is 17.1 Å². The lowest BCUT2D eigenvalue weighted by Gasteiger charge is -2.24. The van der Waals surface area contributed by atoms with E-state index in [1.807, 2.05) is 29.2 Å². The maximum atomic E-state index is 12.7. The molecular formula is C24H27ClN4O3. The van der Waals surface area contributed by atoms with E-state index in [-0.39, 0.29) is 5.91 Å². The monoisotopic (exact) mass is 454 g/mol. The molecule has 7 nitrogen and oxygen atoms in total. The number of anilines is 1. The molecule has 1 fully saturated rings. The van der Waals surface area contributed by atoms with E-state index in [1.165, 1.54) is 0 Å². The summed E-state index contributed by atoms with van der Waals surface area (Å²) in [6, 6.07) is 15.4. The number of halogens is 1. The first-order valence-electron chi connectivity index (χ1n) is 10.9. The molecule has 1 aromatic heterocycles. The summed E-state index contributed by atoms with van der Waals surface area (Å²) < 4.78 is 10.6. The van der Waals surface area contributed by atoms with E-state index in [2.05, 4.69) is 27.2 Å². The summed E-state index contributed by atoms with van der Waals surface area (Å²) in [5, 5.41) is 4.69. The molecule has 1 amide bonds. The van der Waals surface area contributed by atoms with Gasteiger partial charge in [0.15, 0.2) is 0 Å². The first-order valence-corrected chi connectivity index (χ1v) is 11.3. The Balaban J connectivity index is 1.24. The number of nitrogens with zero attached hydrogens (tertiary/aromatic N) is 4. The fraction of sp³-hybridized carbons (Fsp3) is 0.375. The van der Waals surface area contributed by atoms with Gasteiger partial charge in [-0.05, 0) is 61.4 Å². The largest absolute Gasteiger partial charge is 0.497 e. The summed E-state index contributed by atoms with van der Waals surface area (Å²) in [5.41, 5.74) is 2.01. The molecule has 0 spiro atoms. The van der Waals surface area contributed by atoms with Gasteiger partial charge < -0.3 is 19.1 Å². The number of ether oxygens (including phenoxy) is 1. The van der Waals surface area contributed by atoms with Crippen LogP contribution in [0.4, 0.5) is 5.69 Å². The molecule has 0 unspecified atom stereocenters. The minimum absolute atomic E-state index is 0.180. The Bertz CT molecular complexity index is 1020. The number of methoxy groups -OCH3 is 1. The normalized spacial score (nSPS) is 14.3. The molecule has 1 aliphatic rings. The zero-order valence-corrected chi connectivity index (χ0v) is 18.9. The summed E-state index contributed by atoms with van der Waals surface area (Å²) >= 11 is 5.92.